The Kier molecular flexibility index (Phi) is 7.84. The van der Waals surface area contributed by atoms with Gasteiger partial charge in [0, 0.05) is 45.2 Å². The SMILES string of the molecule is CC1(C)c2ccccc2-c2cccc(N(c3ccc(-c4ccccc4)cc3)c3cc4c5c(cccc5c3)-c3cc(N(c5ccccc5)c5ccccc5)ccc3O4)c21. The van der Waals surface area contributed by atoms with Crippen molar-refractivity contribution in [3.63, 3.8) is 0 Å². The van der Waals surface area contributed by atoms with Crippen molar-refractivity contribution in [2.45, 2.75) is 19.3 Å². The number of hydrogen-bond donors (Lipinski definition) is 0. The summed E-state index contributed by atoms with van der Waals surface area (Å²) in [5.41, 5.74) is 16.3. The molecule has 0 bridgehead atoms. The van der Waals surface area contributed by atoms with Crippen molar-refractivity contribution in [2.24, 2.45) is 0 Å². The van der Waals surface area contributed by atoms with Gasteiger partial charge in [-0.25, -0.2) is 0 Å². The van der Waals surface area contributed by atoms with Crippen molar-refractivity contribution < 1.29 is 4.74 Å². The van der Waals surface area contributed by atoms with Gasteiger partial charge in [0.05, 0.1) is 11.4 Å². The second-order valence-corrected chi connectivity index (χ2v) is 15.8. The highest BCUT2D eigenvalue weighted by molar-refractivity contribution is 6.07. The first-order chi connectivity index (χ1) is 28.5. The van der Waals surface area contributed by atoms with Crippen LogP contribution in [0.15, 0.2) is 206 Å². The lowest BCUT2D eigenvalue weighted by atomic mass is 9.81. The van der Waals surface area contributed by atoms with Gasteiger partial charge in [0.2, 0.25) is 0 Å². The Hall–Kier alpha value is -7.36. The molecular weight excluding hydrogens is 705 g/mol. The van der Waals surface area contributed by atoms with Gasteiger partial charge >= 0.3 is 0 Å². The zero-order valence-electron chi connectivity index (χ0n) is 32.4. The molecule has 0 radical (unpaired) electrons. The summed E-state index contributed by atoms with van der Waals surface area (Å²) in [5, 5.41) is 2.25. The predicted octanol–water partition coefficient (Wildman–Crippen LogP) is 15.5. The van der Waals surface area contributed by atoms with Crippen molar-refractivity contribution in [3.05, 3.63) is 217 Å². The molecule has 0 unspecified atom stereocenters. The van der Waals surface area contributed by atoms with Crippen molar-refractivity contribution in [2.75, 3.05) is 9.80 Å². The van der Waals surface area contributed by atoms with Gasteiger partial charge in [-0.15, -0.1) is 0 Å². The van der Waals surface area contributed by atoms with E-state index in [1.165, 1.54) is 38.9 Å². The monoisotopic (exact) mass is 744 g/mol. The summed E-state index contributed by atoms with van der Waals surface area (Å²) < 4.78 is 6.97. The minimum atomic E-state index is -0.205. The number of para-hydroxylation sites is 2. The van der Waals surface area contributed by atoms with Crippen LogP contribution in [-0.4, -0.2) is 0 Å². The number of ether oxygens (including phenoxy) is 1. The zero-order valence-corrected chi connectivity index (χ0v) is 32.4. The highest BCUT2D eigenvalue weighted by Crippen LogP contribution is 2.56. The van der Waals surface area contributed by atoms with Gasteiger partial charge < -0.3 is 14.5 Å². The van der Waals surface area contributed by atoms with Crippen molar-refractivity contribution in [3.8, 4) is 44.9 Å². The summed E-state index contributed by atoms with van der Waals surface area (Å²) in [6, 6.07) is 74.1. The van der Waals surface area contributed by atoms with Gasteiger partial charge in [-0.3, -0.25) is 0 Å². The second-order valence-electron chi connectivity index (χ2n) is 15.8. The number of anilines is 6. The van der Waals surface area contributed by atoms with E-state index < -0.39 is 0 Å². The van der Waals surface area contributed by atoms with Crippen LogP contribution >= 0.6 is 0 Å². The van der Waals surface area contributed by atoms with Crippen LogP contribution in [0.25, 0.3) is 44.2 Å². The maximum atomic E-state index is 6.97. The lowest BCUT2D eigenvalue weighted by Crippen LogP contribution is -2.20. The highest BCUT2D eigenvalue weighted by atomic mass is 16.5. The molecule has 3 heteroatoms. The molecule has 58 heavy (non-hydrogen) atoms. The summed E-state index contributed by atoms with van der Waals surface area (Å²) in [7, 11) is 0. The highest BCUT2D eigenvalue weighted by Gasteiger charge is 2.39. The van der Waals surface area contributed by atoms with Crippen molar-refractivity contribution in [1.82, 2.24) is 0 Å². The summed E-state index contributed by atoms with van der Waals surface area (Å²) in [6.07, 6.45) is 0. The molecule has 9 aromatic rings. The third-order valence-corrected chi connectivity index (χ3v) is 12.0. The molecule has 0 N–H and O–H groups in total. The Morgan fingerprint density at radius 1 is 0.379 bits per heavy atom. The molecule has 1 aliphatic heterocycles. The second kappa shape index (κ2) is 13.4. The Labute approximate surface area is 339 Å². The molecule has 2 aliphatic rings. The maximum absolute atomic E-state index is 6.97. The lowest BCUT2D eigenvalue weighted by molar-refractivity contribution is 0.487. The van der Waals surface area contributed by atoms with E-state index in [1.54, 1.807) is 0 Å². The first-order valence-electron chi connectivity index (χ1n) is 20.0. The fraction of sp³-hybridized carbons (Fsp3) is 0.0545. The van der Waals surface area contributed by atoms with E-state index in [9.17, 15) is 0 Å². The number of nitrogens with zero attached hydrogens (tertiary/aromatic N) is 2. The van der Waals surface area contributed by atoms with E-state index in [1.807, 2.05) is 0 Å². The third kappa shape index (κ3) is 5.43. The van der Waals surface area contributed by atoms with Crippen LogP contribution in [0.4, 0.5) is 34.1 Å². The van der Waals surface area contributed by atoms with Crippen LogP contribution in [0.1, 0.15) is 25.0 Å². The molecule has 9 aromatic carbocycles. The van der Waals surface area contributed by atoms with Crippen LogP contribution in [0.3, 0.4) is 0 Å². The molecule has 11 rings (SSSR count). The molecule has 1 heterocycles. The van der Waals surface area contributed by atoms with Gasteiger partial charge in [0.25, 0.3) is 0 Å². The lowest BCUT2D eigenvalue weighted by Gasteiger charge is -2.33. The molecule has 0 amide bonds. The van der Waals surface area contributed by atoms with E-state index >= 15 is 0 Å². The average Bonchev–Trinajstić information content (AvgIpc) is 3.52. The minimum absolute atomic E-state index is 0.205. The van der Waals surface area contributed by atoms with E-state index in [0.717, 1.165) is 62.0 Å². The zero-order chi connectivity index (χ0) is 38.8. The maximum Gasteiger partial charge on any atom is 0.138 e. The van der Waals surface area contributed by atoms with E-state index in [4.69, 9.17) is 4.74 Å². The standard InChI is InChI=1S/C55H40N2O/c1-55(2)49-26-13-12-23-45(49)47-25-15-27-50(54(47)55)57(42-30-28-38(29-31-42)37-16-6-3-7-17-37)44-34-39-18-14-24-46-48-35-43(32-33-51(48)58-52(36-44)53(39)46)56(40-19-8-4-9-20-40)41-21-10-5-11-22-41/h3-36H,1-2H3. The van der Waals surface area contributed by atoms with Crippen molar-refractivity contribution >= 4 is 44.9 Å². The molecule has 0 saturated carbocycles. The molecule has 276 valence electrons. The topological polar surface area (TPSA) is 15.7 Å². The smallest absolute Gasteiger partial charge is 0.138 e. The van der Waals surface area contributed by atoms with Crippen LogP contribution in [0, 0.1) is 0 Å². The molecule has 3 nitrogen and oxygen atoms in total. The van der Waals surface area contributed by atoms with Crippen molar-refractivity contribution in [1.29, 1.82) is 0 Å². The van der Waals surface area contributed by atoms with E-state index in [0.29, 0.717) is 0 Å². The molecule has 0 fully saturated rings. The van der Waals surface area contributed by atoms with Crippen LogP contribution in [0.5, 0.6) is 11.5 Å². The number of fused-ring (bicyclic) bond motifs is 5. The Bertz CT molecular complexity index is 2950. The number of benzene rings is 9. The Morgan fingerprint density at radius 2 is 0.966 bits per heavy atom. The van der Waals surface area contributed by atoms with Crippen LogP contribution in [-0.2, 0) is 5.41 Å². The first kappa shape index (κ1) is 33.9. The number of rotatable bonds is 7. The van der Waals surface area contributed by atoms with E-state index in [-0.39, 0.29) is 5.41 Å². The average molecular weight is 745 g/mol. The summed E-state index contributed by atoms with van der Waals surface area (Å²) in [6.45, 7) is 4.72. The van der Waals surface area contributed by atoms with Gasteiger partial charge in [-0.05, 0) is 111 Å². The quantitative estimate of drug-likeness (QED) is 0.162. The van der Waals surface area contributed by atoms with Crippen LogP contribution < -0.4 is 14.5 Å². The summed E-state index contributed by atoms with van der Waals surface area (Å²) >= 11 is 0. The molecular formula is C55H40N2O. The third-order valence-electron chi connectivity index (χ3n) is 12.0. The molecule has 0 aromatic heterocycles. The minimum Gasteiger partial charge on any atom is -0.456 e. The van der Waals surface area contributed by atoms with Gasteiger partial charge in [0.15, 0.2) is 0 Å². The Morgan fingerprint density at radius 3 is 1.71 bits per heavy atom. The van der Waals surface area contributed by atoms with E-state index in [2.05, 4.69) is 230 Å². The Balaban J connectivity index is 1.08. The normalized spacial score (nSPS) is 12.9. The van der Waals surface area contributed by atoms with Crippen LogP contribution in [0.2, 0.25) is 0 Å². The molecule has 0 spiro atoms. The fourth-order valence-corrected chi connectivity index (χ4v) is 9.35. The van der Waals surface area contributed by atoms with Gasteiger partial charge in [-0.1, -0.05) is 147 Å². The van der Waals surface area contributed by atoms with Gasteiger partial charge in [0.1, 0.15) is 11.5 Å². The summed E-state index contributed by atoms with van der Waals surface area (Å²) in [5.74, 6) is 1.70. The summed E-state index contributed by atoms with van der Waals surface area (Å²) in [4.78, 5) is 4.74. The largest absolute Gasteiger partial charge is 0.456 e. The van der Waals surface area contributed by atoms with Gasteiger partial charge in [-0.2, -0.15) is 0 Å². The first-order valence-corrected chi connectivity index (χ1v) is 20.0. The number of hydrogen-bond acceptors (Lipinski definition) is 3. The predicted molar refractivity (Wildman–Crippen MR) is 242 cm³/mol. The molecule has 0 atom stereocenters. The molecule has 1 aliphatic carbocycles. The fourth-order valence-electron chi connectivity index (χ4n) is 9.35. The molecule has 0 saturated heterocycles.